The summed E-state index contributed by atoms with van der Waals surface area (Å²) >= 11 is 0. The minimum atomic E-state index is -4.41. The van der Waals surface area contributed by atoms with Crippen LogP contribution in [0.25, 0.3) is 5.65 Å². The van der Waals surface area contributed by atoms with Crippen LogP contribution in [0.5, 0.6) is 0 Å². The quantitative estimate of drug-likeness (QED) is 0.728. The molecule has 1 fully saturated rings. The molecule has 0 saturated carbocycles. The zero-order chi connectivity index (χ0) is 20.6. The third kappa shape index (κ3) is 3.90. The van der Waals surface area contributed by atoms with Crippen molar-refractivity contribution in [2.75, 3.05) is 18.0 Å². The first-order valence-corrected chi connectivity index (χ1v) is 9.37. The molecule has 0 radical (unpaired) electrons. The van der Waals surface area contributed by atoms with Gasteiger partial charge in [-0.15, -0.1) is 10.2 Å². The maximum atomic E-state index is 12.7. The highest BCUT2D eigenvalue weighted by molar-refractivity contribution is 5.94. The number of aryl methyl sites for hydroxylation is 1. The van der Waals surface area contributed by atoms with Gasteiger partial charge in [0, 0.05) is 30.4 Å². The summed E-state index contributed by atoms with van der Waals surface area (Å²) in [6.07, 6.45) is -2.98. The lowest BCUT2D eigenvalue weighted by atomic mass is 10.0. The molecule has 1 N–H and O–H groups in total. The first-order valence-electron chi connectivity index (χ1n) is 9.37. The minimum Gasteiger partial charge on any atom is -0.349 e. The average molecular weight is 403 g/mol. The largest absolute Gasteiger partial charge is 0.416 e. The predicted molar refractivity (Wildman–Crippen MR) is 102 cm³/mol. The molecule has 0 spiro atoms. The molecule has 0 bridgehead atoms. The van der Waals surface area contributed by atoms with Gasteiger partial charge >= 0.3 is 6.18 Å². The summed E-state index contributed by atoms with van der Waals surface area (Å²) in [6.45, 7) is 3.40. The third-order valence-corrected chi connectivity index (χ3v) is 5.19. The number of hydrogen-bond donors (Lipinski definition) is 1. The molecule has 3 heterocycles. The first kappa shape index (κ1) is 19.2. The van der Waals surface area contributed by atoms with Crippen molar-refractivity contribution < 1.29 is 18.0 Å². The second kappa shape index (κ2) is 7.38. The molecule has 6 nitrogen and oxygen atoms in total. The lowest BCUT2D eigenvalue weighted by Crippen LogP contribution is -2.45. The topological polar surface area (TPSA) is 62.5 Å². The van der Waals surface area contributed by atoms with Crippen LogP contribution in [0, 0.1) is 6.92 Å². The van der Waals surface area contributed by atoms with E-state index >= 15 is 0 Å². The van der Waals surface area contributed by atoms with Gasteiger partial charge in [-0.2, -0.15) is 13.2 Å². The van der Waals surface area contributed by atoms with Crippen LogP contribution in [-0.2, 0) is 6.18 Å². The number of hydrogen-bond acceptors (Lipinski definition) is 4. The molecule has 0 aliphatic carbocycles. The molecule has 0 atom stereocenters. The monoisotopic (exact) mass is 403 g/mol. The van der Waals surface area contributed by atoms with Gasteiger partial charge in [-0.1, -0.05) is 6.07 Å². The van der Waals surface area contributed by atoms with Crippen LogP contribution in [0.4, 0.5) is 19.1 Å². The van der Waals surface area contributed by atoms with E-state index in [1.54, 1.807) is 0 Å². The summed E-state index contributed by atoms with van der Waals surface area (Å²) in [5.74, 6) is 0.423. The molecule has 1 saturated heterocycles. The fourth-order valence-corrected chi connectivity index (χ4v) is 3.59. The van der Waals surface area contributed by atoms with E-state index in [-0.39, 0.29) is 17.5 Å². The Morgan fingerprint density at radius 2 is 1.76 bits per heavy atom. The Bertz CT molecular complexity index is 1020. The van der Waals surface area contributed by atoms with E-state index in [4.69, 9.17) is 0 Å². The van der Waals surface area contributed by atoms with Gasteiger partial charge in [0.2, 0.25) is 5.95 Å². The van der Waals surface area contributed by atoms with Crippen LogP contribution < -0.4 is 10.2 Å². The molecular weight excluding hydrogens is 383 g/mol. The number of fused-ring (bicyclic) bond motifs is 1. The second-order valence-electron chi connectivity index (χ2n) is 7.17. The van der Waals surface area contributed by atoms with Crippen molar-refractivity contribution >= 4 is 17.5 Å². The van der Waals surface area contributed by atoms with Crippen molar-refractivity contribution in [3.63, 3.8) is 0 Å². The Hall–Kier alpha value is -3.10. The number of aromatic nitrogens is 3. The molecule has 4 rings (SSSR count). The van der Waals surface area contributed by atoms with Crippen molar-refractivity contribution in [2.45, 2.75) is 32.0 Å². The Morgan fingerprint density at radius 3 is 2.41 bits per heavy atom. The number of nitrogens with one attached hydrogen (secondary N) is 1. The number of halogens is 3. The average Bonchev–Trinajstić information content (AvgIpc) is 3.13. The summed E-state index contributed by atoms with van der Waals surface area (Å²) in [7, 11) is 0. The minimum absolute atomic E-state index is 0.0404. The highest BCUT2D eigenvalue weighted by Crippen LogP contribution is 2.29. The van der Waals surface area contributed by atoms with E-state index in [9.17, 15) is 18.0 Å². The summed E-state index contributed by atoms with van der Waals surface area (Å²) in [5, 5.41) is 11.4. The van der Waals surface area contributed by atoms with Gasteiger partial charge in [-0.25, -0.2) is 0 Å². The maximum absolute atomic E-state index is 12.7. The van der Waals surface area contributed by atoms with Crippen LogP contribution in [0.15, 0.2) is 42.5 Å². The van der Waals surface area contributed by atoms with E-state index in [1.165, 1.54) is 12.1 Å². The fraction of sp³-hybridized carbons (Fsp3) is 0.350. The summed E-state index contributed by atoms with van der Waals surface area (Å²) in [5.41, 5.74) is 1.29. The molecule has 9 heteroatoms. The molecule has 1 amide bonds. The highest BCUT2D eigenvalue weighted by atomic mass is 19.4. The number of alkyl halides is 3. The number of benzene rings is 1. The summed E-state index contributed by atoms with van der Waals surface area (Å²) in [6, 6.07) is 10.1. The Balaban J connectivity index is 1.38. The molecule has 152 valence electrons. The summed E-state index contributed by atoms with van der Waals surface area (Å²) in [4.78, 5) is 14.5. The van der Waals surface area contributed by atoms with Gasteiger partial charge in [0.25, 0.3) is 5.91 Å². The standard InChI is InChI=1S/C20H20F3N5O/c1-13-3-2-4-17-25-26-19(28(13)17)27-11-9-16(10-12-27)24-18(29)14-5-7-15(8-6-14)20(21,22)23/h2-8,16H,9-12H2,1H3,(H,24,29). The van der Waals surface area contributed by atoms with Gasteiger partial charge in [-0.05, 0) is 56.2 Å². The number of rotatable bonds is 3. The molecular formula is C20H20F3N5O. The van der Waals surface area contributed by atoms with E-state index in [2.05, 4.69) is 20.4 Å². The van der Waals surface area contributed by atoms with Crippen molar-refractivity contribution in [1.29, 1.82) is 0 Å². The fourth-order valence-electron chi connectivity index (χ4n) is 3.59. The predicted octanol–water partition coefficient (Wildman–Crippen LogP) is 3.46. The Kier molecular flexibility index (Phi) is 4.89. The van der Waals surface area contributed by atoms with E-state index < -0.39 is 11.7 Å². The third-order valence-electron chi connectivity index (χ3n) is 5.19. The Labute approximate surface area is 165 Å². The number of piperidine rings is 1. The van der Waals surface area contributed by atoms with Crippen molar-refractivity contribution in [1.82, 2.24) is 19.9 Å². The summed E-state index contributed by atoms with van der Waals surface area (Å²) < 4.78 is 40.0. The molecule has 1 aromatic carbocycles. The molecule has 1 aliphatic heterocycles. The lowest BCUT2D eigenvalue weighted by Gasteiger charge is -2.32. The number of pyridine rings is 1. The second-order valence-corrected chi connectivity index (χ2v) is 7.17. The molecule has 3 aromatic rings. The van der Waals surface area contributed by atoms with Crippen LogP contribution >= 0.6 is 0 Å². The van der Waals surface area contributed by atoms with Crippen molar-refractivity contribution in [3.05, 3.63) is 59.3 Å². The number of anilines is 1. The normalized spacial score (nSPS) is 15.7. The number of amides is 1. The maximum Gasteiger partial charge on any atom is 0.416 e. The van der Waals surface area contributed by atoms with Crippen molar-refractivity contribution in [2.24, 2.45) is 0 Å². The molecule has 0 unspecified atom stereocenters. The van der Waals surface area contributed by atoms with Gasteiger partial charge in [0.1, 0.15) is 0 Å². The van der Waals surface area contributed by atoms with E-state index in [0.29, 0.717) is 25.9 Å². The highest BCUT2D eigenvalue weighted by Gasteiger charge is 2.30. The van der Waals surface area contributed by atoms with E-state index in [1.807, 2.05) is 29.5 Å². The Morgan fingerprint density at radius 1 is 1.07 bits per heavy atom. The number of nitrogens with zero attached hydrogens (tertiary/aromatic N) is 4. The van der Waals surface area contributed by atoms with Crippen LogP contribution in [-0.4, -0.2) is 39.6 Å². The first-order chi connectivity index (χ1) is 13.8. The zero-order valence-corrected chi connectivity index (χ0v) is 15.8. The van der Waals surface area contributed by atoms with Gasteiger partial charge < -0.3 is 10.2 Å². The smallest absolute Gasteiger partial charge is 0.349 e. The number of carbonyl (C=O) groups is 1. The van der Waals surface area contributed by atoms with Crippen LogP contribution in [0.2, 0.25) is 0 Å². The number of carbonyl (C=O) groups excluding carboxylic acids is 1. The van der Waals surface area contributed by atoms with Gasteiger partial charge in [-0.3, -0.25) is 9.20 Å². The zero-order valence-electron chi connectivity index (χ0n) is 15.8. The molecule has 2 aromatic heterocycles. The molecule has 1 aliphatic rings. The van der Waals surface area contributed by atoms with Gasteiger partial charge in [0.05, 0.1) is 5.56 Å². The van der Waals surface area contributed by atoms with Gasteiger partial charge in [0.15, 0.2) is 5.65 Å². The van der Waals surface area contributed by atoms with Crippen LogP contribution in [0.1, 0.15) is 34.5 Å². The van der Waals surface area contributed by atoms with Crippen molar-refractivity contribution in [3.8, 4) is 0 Å². The SMILES string of the molecule is Cc1cccc2nnc(N3CCC(NC(=O)c4ccc(C(F)(F)F)cc4)CC3)n12. The lowest BCUT2D eigenvalue weighted by molar-refractivity contribution is -0.137. The molecule has 29 heavy (non-hydrogen) atoms. The van der Waals surface area contributed by atoms with Crippen LogP contribution in [0.3, 0.4) is 0 Å². The van der Waals surface area contributed by atoms with E-state index in [0.717, 1.165) is 29.4 Å².